The molecule has 0 spiro atoms. The van der Waals surface area contributed by atoms with Crippen molar-refractivity contribution in [1.82, 2.24) is 9.34 Å². The van der Waals surface area contributed by atoms with Crippen molar-refractivity contribution in [2.75, 3.05) is 20.8 Å². The number of nitrogens with zero attached hydrogens (tertiary/aromatic N) is 2. The molecule has 1 fully saturated rings. The Labute approximate surface area is 122 Å². The van der Waals surface area contributed by atoms with Gasteiger partial charge in [0.1, 0.15) is 0 Å². The minimum Gasteiger partial charge on any atom is -0.264 e. The molecule has 0 radical (unpaired) electrons. The smallest absolute Gasteiger partial charge is 0.0593 e. The first-order valence-corrected chi connectivity index (χ1v) is 8.68. The summed E-state index contributed by atoms with van der Waals surface area (Å²) in [6, 6.07) is 22.6. The number of hydrogen-bond acceptors (Lipinski definition) is 2. The highest BCUT2D eigenvalue weighted by Gasteiger charge is 2.42. The second-order valence-electron chi connectivity index (χ2n) is 5.35. The van der Waals surface area contributed by atoms with E-state index in [1.165, 1.54) is 11.1 Å². The maximum atomic E-state index is 2.53. The zero-order valence-corrected chi connectivity index (χ0v) is 13.2. The molecule has 2 nitrogen and oxygen atoms in total. The van der Waals surface area contributed by atoms with Crippen molar-refractivity contribution in [2.24, 2.45) is 0 Å². The van der Waals surface area contributed by atoms with E-state index in [2.05, 4.69) is 90.8 Å². The first-order chi connectivity index (χ1) is 9.70. The molecule has 2 aromatic rings. The van der Waals surface area contributed by atoms with Crippen molar-refractivity contribution in [1.29, 1.82) is 0 Å². The van der Waals surface area contributed by atoms with Crippen molar-refractivity contribution < 1.29 is 0 Å². The zero-order valence-electron chi connectivity index (χ0n) is 12.3. The first-order valence-electron chi connectivity index (χ1n) is 6.99. The van der Waals surface area contributed by atoms with Gasteiger partial charge >= 0.3 is 0 Å². The van der Waals surface area contributed by atoms with Crippen LogP contribution in [0.15, 0.2) is 60.7 Å². The SMILES string of the molecule is CN1[C@@H](c2ccccc2)[C@H](c2ccccc2)N(C)P1C. The van der Waals surface area contributed by atoms with E-state index in [9.17, 15) is 0 Å². The number of benzene rings is 2. The van der Waals surface area contributed by atoms with Crippen LogP contribution in [0.2, 0.25) is 0 Å². The molecule has 1 saturated heterocycles. The largest absolute Gasteiger partial charge is 0.264 e. The maximum absolute atomic E-state index is 2.53. The summed E-state index contributed by atoms with van der Waals surface area (Å²) in [6.07, 6.45) is 0. The summed E-state index contributed by atoms with van der Waals surface area (Å²) in [5.41, 5.74) is 2.81. The minimum absolute atomic E-state index is 0.247. The Balaban J connectivity index is 2.05. The van der Waals surface area contributed by atoms with Crippen molar-refractivity contribution >= 4 is 8.22 Å². The fourth-order valence-corrected chi connectivity index (χ4v) is 4.77. The van der Waals surface area contributed by atoms with Crippen LogP contribution in [0.25, 0.3) is 0 Å². The summed E-state index contributed by atoms with van der Waals surface area (Å²) in [7, 11) is 4.26. The summed E-state index contributed by atoms with van der Waals surface area (Å²) >= 11 is 0. The number of hydrogen-bond donors (Lipinski definition) is 0. The average Bonchev–Trinajstić information content (AvgIpc) is 2.73. The van der Waals surface area contributed by atoms with E-state index in [0.717, 1.165) is 0 Å². The summed E-state index contributed by atoms with van der Waals surface area (Å²) in [5.74, 6) is 0. The normalized spacial score (nSPS) is 25.1. The molecule has 0 bridgehead atoms. The van der Waals surface area contributed by atoms with Crippen LogP contribution in [0, 0.1) is 0 Å². The zero-order chi connectivity index (χ0) is 14.1. The first kappa shape index (κ1) is 13.8. The van der Waals surface area contributed by atoms with Gasteiger partial charge in [-0.15, -0.1) is 0 Å². The average molecular weight is 284 g/mol. The van der Waals surface area contributed by atoms with Crippen molar-refractivity contribution in [3.63, 3.8) is 0 Å². The molecule has 0 aliphatic carbocycles. The predicted octanol–water partition coefficient (Wildman–Crippen LogP) is 4.29. The molecule has 1 aliphatic heterocycles. The summed E-state index contributed by atoms with van der Waals surface area (Å²) in [6.45, 7) is 2.34. The summed E-state index contributed by atoms with van der Waals surface area (Å²) in [5, 5.41) is 0. The molecule has 0 saturated carbocycles. The van der Waals surface area contributed by atoms with Crippen LogP contribution in [-0.4, -0.2) is 30.1 Å². The highest BCUT2D eigenvalue weighted by molar-refractivity contribution is 7.52. The lowest BCUT2D eigenvalue weighted by Crippen LogP contribution is -2.20. The van der Waals surface area contributed by atoms with Gasteiger partial charge in [-0.3, -0.25) is 9.34 Å². The molecule has 1 aliphatic rings. The quantitative estimate of drug-likeness (QED) is 0.759. The van der Waals surface area contributed by atoms with Gasteiger partial charge in [-0.2, -0.15) is 0 Å². The molecule has 3 rings (SSSR count). The molecule has 0 N–H and O–H groups in total. The van der Waals surface area contributed by atoms with E-state index in [1.807, 2.05) is 0 Å². The lowest BCUT2D eigenvalue weighted by atomic mass is 9.93. The third kappa shape index (κ3) is 2.29. The van der Waals surface area contributed by atoms with Crippen LogP contribution in [0.1, 0.15) is 23.2 Å². The van der Waals surface area contributed by atoms with Crippen LogP contribution in [0.3, 0.4) is 0 Å². The molecular weight excluding hydrogens is 263 g/mol. The second kappa shape index (κ2) is 5.65. The van der Waals surface area contributed by atoms with Crippen LogP contribution in [0.5, 0.6) is 0 Å². The maximum Gasteiger partial charge on any atom is 0.0593 e. The van der Waals surface area contributed by atoms with Gasteiger partial charge in [0, 0.05) is 8.22 Å². The van der Waals surface area contributed by atoms with E-state index >= 15 is 0 Å². The third-order valence-corrected chi connectivity index (χ3v) is 6.62. The topological polar surface area (TPSA) is 6.48 Å². The molecular formula is C17H21N2P. The Morgan fingerprint density at radius 3 is 1.40 bits per heavy atom. The highest BCUT2D eigenvalue weighted by atomic mass is 31.1. The van der Waals surface area contributed by atoms with Gasteiger partial charge in [-0.05, 0) is 31.9 Å². The van der Waals surface area contributed by atoms with E-state index in [-0.39, 0.29) is 8.22 Å². The molecule has 20 heavy (non-hydrogen) atoms. The van der Waals surface area contributed by atoms with Gasteiger partial charge in [0.05, 0.1) is 12.1 Å². The summed E-state index contributed by atoms with van der Waals surface area (Å²) in [4.78, 5) is 0. The molecule has 0 aromatic heterocycles. The molecule has 2 aromatic carbocycles. The highest BCUT2D eigenvalue weighted by Crippen LogP contribution is 2.60. The number of rotatable bonds is 2. The Kier molecular flexibility index (Phi) is 3.89. The molecule has 1 heterocycles. The van der Waals surface area contributed by atoms with Crippen LogP contribution in [-0.2, 0) is 0 Å². The molecule has 3 heteroatoms. The second-order valence-corrected chi connectivity index (χ2v) is 7.59. The van der Waals surface area contributed by atoms with Gasteiger partial charge in [0.25, 0.3) is 0 Å². The van der Waals surface area contributed by atoms with Crippen molar-refractivity contribution in [3.05, 3.63) is 71.8 Å². The van der Waals surface area contributed by atoms with E-state index in [1.54, 1.807) is 0 Å². The fourth-order valence-electron chi connectivity index (χ4n) is 3.09. The Morgan fingerprint density at radius 1 is 0.700 bits per heavy atom. The summed E-state index contributed by atoms with van der Waals surface area (Å²) < 4.78 is 5.06. The van der Waals surface area contributed by atoms with Crippen LogP contribution in [0.4, 0.5) is 0 Å². The number of likely N-dealkylation sites (N-methyl/N-ethyl adjacent to an activating group) is 2. The van der Waals surface area contributed by atoms with Gasteiger partial charge in [-0.1, -0.05) is 60.7 Å². The minimum atomic E-state index is -0.247. The molecule has 0 amide bonds. The third-order valence-electron chi connectivity index (χ3n) is 4.30. The lowest BCUT2D eigenvalue weighted by Gasteiger charge is -2.26. The van der Waals surface area contributed by atoms with Crippen molar-refractivity contribution in [2.45, 2.75) is 12.1 Å². The molecule has 104 valence electrons. The standard InChI is InChI=1S/C17H21N2P/c1-18-16(14-10-6-4-7-11-14)17(19(2)20(18)3)15-12-8-5-9-13-15/h4-13,16-17H,1-3H3/t16-,17-/m0/s1. The Bertz CT molecular complexity index is 506. The van der Waals surface area contributed by atoms with E-state index in [0.29, 0.717) is 12.1 Å². The fraction of sp³-hybridized carbons (Fsp3) is 0.294. The van der Waals surface area contributed by atoms with Crippen LogP contribution >= 0.6 is 8.22 Å². The molecule has 0 unspecified atom stereocenters. The lowest BCUT2D eigenvalue weighted by molar-refractivity contribution is 0.316. The molecule has 2 atom stereocenters. The van der Waals surface area contributed by atoms with Crippen LogP contribution < -0.4 is 0 Å². The Hall–Kier alpha value is -1.21. The van der Waals surface area contributed by atoms with Crippen molar-refractivity contribution in [3.8, 4) is 0 Å². The Morgan fingerprint density at radius 2 is 1.05 bits per heavy atom. The van der Waals surface area contributed by atoms with Gasteiger partial charge < -0.3 is 0 Å². The van der Waals surface area contributed by atoms with Gasteiger partial charge in [-0.25, -0.2) is 0 Å². The van der Waals surface area contributed by atoms with E-state index < -0.39 is 0 Å². The van der Waals surface area contributed by atoms with Gasteiger partial charge in [0.15, 0.2) is 0 Å². The predicted molar refractivity (Wildman–Crippen MR) is 86.7 cm³/mol. The van der Waals surface area contributed by atoms with Gasteiger partial charge in [0.2, 0.25) is 0 Å². The van der Waals surface area contributed by atoms with E-state index in [4.69, 9.17) is 0 Å². The monoisotopic (exact) mass is 284 g/mol.